The maximum Gasteiger partial charge on any atom is 0.135 e. The molecule has 0 amide bonds. The lowest BCUT2D eigenvalue weighted by Gasteiger charge is -2.13. The van der Waals surface area contributed by atoms with Crippen LogP contribution in [0.4, 0.5) is 0 Å². The summed E-state index contributed by atoms with van der Waals surface area (Å²) in [6.07, 6.45) is 8.22. The van der Waals surface area contributed by atoms with Gasteiger partial charge in [-0.1, -0.05) is 269 Å². The van der Waals surface area contributed by atoms with Crippen LogP contribution in [-0.4, -0.2) is 0 Å². The average Bonchev–Trinajstić information content (AvgIpc) is 1.92. The van der Waals surface area contributed by atoms with Gasteiger partial charge in [-0.25, -0.2) is 0 Å². The molecule has 5 atom stereocenters. The van der Waals surface area contributed by atoms with Gasteiger partial charge in [0.2, 0.25) is 0 Å². The van der Waals surface area contributed by atoms with Crippen LogP contribution in [0.5, 0.6) is 0 Å². The second-order valence-corrected chi connectivity index (χ2v) is 29.7. The maximum absolute atomic E-state index is 5.85. The summed E-state index contributed by atoms with van der Waals surface area (Å²) < 4.78 is 29.2. The van der Waals surface area contributed by atoms with E-state index in [1.807, 2.05) is 60.7 Å². The van der Waals surface area contributed by atoms with Gasteiger partial charge in [-0.15, -0.1) is 0 Å². The van der Waals surface area contributed by atoms with Gasteiger partial charge in [0, 0.05) is 78.0 Å². The van der Waals surface area contributed by atoms with Crippen LogP contribution >= 0.6 is 79.6 Å². The highest BCUT2D eigenvalue weighted by atomic mass is 79.9. The largest absolute Gasteiger partial charge is 0.456 e. The molecule has 5 aromatic heterocycles. The molecule has 0 radical (unpaired) electrons. The fourth-order valence-corrected chi connectivity index (χ4v) is 14.8. The molecule has 0 spiro atoms. The highest BCUT2D eigenvalue weighted by Gasteiger charge is 2.18. The number of hydrogen-bond donors (Lipinski definition) is 0. The Balaban J connectivity index is 0.000000117. The van der Waals surface area contributed by atoms with Crippen LogP contribution in [0.25, 0.3) is 110 Å². The Morgan fingerprint density at radius 3 is 0.857 bits per heavy atom. The number of furan rings is 5. The summed E-state index contributed by atoms with van der Waals surface area (Å²) in [5.41, 5.74) is 16.3. The average molecular weight is 1530 g/mol. The molecule has 0 aliphatic heterocycles. The zero-order valence-corrected chi connectivity index (χ0v) is 60.6. The topological polar surface area (TPSA) is 65.7 Å². The molecule has 10 heteroatoms. The van der Waals surface area contributed by atoms with E-state index in [0.717, 1.165) is 75.1 Å². The van der Waals surface area contributed by atoms with Crippen molar-refractivity contribution in [1.82, 2.24) is 0 Å². The number of rotatable bonds is 14. The lowest BCUT2D eigenvalue weighted by Crippen LogP contribution is -1.97. The minimum absolute atomic E-state index is 0.385. The summed E-state index contributed by atoms with van der Waals surface area (Å²) >= 11 is 18.8. The van der Waals surface area contributed by atoms with E-state index in [9.17, 15) is 0 Å². The number of unbranched alkanes of at least 4 members (excludes halogenated alkanes) is 1. The van der Waals surface area contributed by atoms with Crippen molar-refractivity contribution in [2.24, 2.45) is 11.8 Å². The van der Waals surface area contributed by atoms with E-state index in [0.29, 0.717) is 36.0 Å². The summed E-state index contributed by atoms with van der Waals surface area (Å²) in [4.78, 5) is 2.08. The second kappa shape index (κ2) is 30.6. The van der Waals surface area contributed by atoms with Crippen molar-refractivity contribution in [3.8, 4) is 0 Å². The van der Waals surface area contributed by atoms with Crippen LogP contribution in [0, 0.1) is 11.8 Å². The molecule has 0 bridgehead atoms. The van der Waals surface area contributed by atoms with Gasteiger partial charge < -0.3 is 22.1 Å². The van der Waals surface area contributed by atoms with Gasteiger partial charge in [-0.3, -0.25) is 0 Å². The molecule has 0 fully saturated rings. The smallest absolute Gasteiger partial charge is 0.135 e. The number of para-hydroxylation sites is 5. The molecule has 0 N–H and O–H groups in total. The summed E-state index contributed by atoms with van der Waals surface area (Å²) in [7, 11) is 0. The quantitative estimate of drug-likeness (QED) is 0.102. The number of hydrogen-bond acceptors (Lipinski definition) is 5. The number of fused-ring (bicyclic) bond motifs is 15. The molecule has 466 valence electrons. The summed E-state index contributed by atoms with van der Waals surface area (Å²) in [5.74, 6) is 1.25. The van der Waals surface area contributed by atoms with Crippen LogP contribution in [0.15, 0.2) is 234 Å². The van der Waals surface area contributed by atoms with Crippen LogP contribution in [0.1, 0.15) is 145 Å². The Hall–Kier alpha value is -6.40. The van der Waals surface area contributed by atoms with Gasteiger partial charge >= 0.3 is 0 Å². The van der Waals surface area contributed by atoms with Gasteiger partial charge in [-0.2, -0.15) is 0 Å². The predicted octanol–water partition coefficient (Wildman–Crippen LogP) is 29.2. The Morgan fingerprint density at radius 1 is 0.286 bits per heavy atom. The van der Waals surface area contributed by atoms with Gasteiger partial charge in [0.05, 0.1) is 0 Å². The van der Waals surface area contributed by atoms with Crippen molar-refractivity contribution < 1.29 is 22.1 Å². The minimum atomic E-state index is 0.385. The van der Waals surface area contributed by atoms with Gasteiger partial charge in [0.25, 0.3) is 0 Å². The van der Waals surface area contributed by atoms with E-state index in [1.165, 1.54) is 107 Å². The molecule has 0 saturated carbocycles. The molecule has 0 aliphatic carbocycles. The van der Waals surface area contributed by atoms with E-state index in [1.54, 1.807) is 0 Å². The fourth-order valence-electron chi connectivity index (χ4n) is 11.8. The third-order valence-corrected chi connectivity index (χ3v) is 22.4. The molecule has 5 heterocycles. The first kappa shape index (κ1) is 66.1. The van der Waals surface area contributed by atoms with E-state index in [2.05, 4.69) is 280 Å². The Morgan fingerprint density at radius 2 is 0.560 bits per heavy atom. The third-order valence-electron chi connectivity index (χ3n) is 16.7. The lowest BCUT2D eigenvalue weighted by molar-refractivity contribution is 0.584. The predicted molar refractivity (Wildman–Crippen MR) is 406 cm³/mol. The Kier molecular flexibility index (Phi) is 22.2. The van der Waals surface area contributed by atoms with Crippen molar-refractivity contribution in [2.75, 3.05) is 0 Å². The Labute approximate surface area is 575 Å². The molecular weight excluding hydrogens is 1450 g/mol. The first-order valence-corrected chi connectivity index (χ1v) is 36.5. The number of halogens is 5. The van der Waals surface area contributed by atoms with Crippen LogP contribution in [0.3, 0.4) is 0 Å². The molecule has 10 aromatic carbocycles. The first-order valence-electron chi connectivity index (χ1n) is 32.0. The SMILES string of the molecule is CC(C)C(Br)c1ccc2oc3ccccc3c2c1.CC(C)CC(Br)c1ccc2oc3ccccc3c2c1.CCC(Br)c1ccc2oc3ccccc3c2c1.CCCC(Br)c1ccc2oc3ccccc3c2c1.CCCCC(Br)c1ccc2oc3ccccc3c2c1. The highest BCUT2D eigenvalue weighted by Crippen LogP contribution is 2.40. The molecular formula is C81H77Br5O5. The number of benzene rings is 10. The minimum Gasteiger partial charge on any atom is -0.456 e. The monoisotopic (exact) mass is 1520 g/mol. The van der Waals surface area contributed by atoms with E-state index in [-0.39, 0.29) is 0 Å². The lowest BCUT2D eigenvalue weighted by atomic mass is 10.0. The van der Waals surface area contributed by atoms with Crippen molar-refractivity contribution in [3.63, 3.8) is 0 Å². The normalized spacial score (nSPS) is 13.3. The molecule has 15 aromatic rings. The summed E-state index contributed by atoms with van der Waals surface area (Å²) in [6, 6.07) is 73.4. The molecule has 91 heavy (non-hydrogen) atoms. The number of alkyl halides is 5. The van der Waals surface area contributed by atoms with E-state index in [4.69, 9.17) is 22.1 Å². The van der Waals surface area contributed by atoms with Crippen LogP contribution in [-0.2, 0) is 0 Å². The first-order chi connectivity index (χ1) is 44.2. The highest BCUT2D eigenvalue weighted by molar-refractivity contribution is 9.10. The maximum atomic E-state index is 5.85. The summed E-state index contributed by atoms with van der Waals surface area (Å²) in [5, 5.41) is 12.0. The summed E-state index contributed by atoms with van der Waals surface area (Å²) in [6.45, 7) is 15.6. The molecule has 5 unspecified atom stereocenters. The molecule has 0 aliphatic rings. The standard InChI is InChI=1S/2C17H17BrO.2C16H15BrO.C15H13BrO/c1-11(2)9-15(18)12-7-8-17-14(10-12)13-5-3-4-6-16(13)19-17;1-2-3-7-15(18)12-9-10-17-14(11-12)13-6-4-5-8-16(13)19-17;1-10(2)16(17)11-7-8-15-13(9-11)12-5-3-4-6-14(12)18-15;1-2-5-14(17)11-8-9-16-13(10-11)12-6-3-4-7-15(12)18-16;1-2-13(16)10-7-8-15-12(9-10)11-5-3-4-6-14(11)17-15/h3-8,10-11,15H,9H2,1-2H3;4-6,8-11,15H,2-3,7H2,1H3;3-10,16H,1-2H3;3-4,6-10,14H,2,5H2,1H3;3-9,13H,2H2,1H3. The van der Waals surface area contributed by atoms with Crippen molar-refractivity contribution in [1.29, 1.82) is 0 Å². The Bertz CT molecular complexity index is 4890. The van der Waals surface area contributed by atoms with E-state index < -0.39 is 0 Å². The van der Waals surface area contributed by atoms with Gasteiger partial charge in [-0.05, 0) is 156 Å². The molecule has 5 nitrogen and oxygen atoms in total. The van der Waals surface area contributed by atoms with Crippen molar-refractivity contribution in [2.45, 2.75) is 118 Å². The zero-order chi connectivity index (χ0) is 63.7. The van der Waals surface area contributed by atoms with Gasteiger partial charge in [0.15, 0.2) is 0 Å². The zero-order valence-electron chi connectivity index (χ0n) is 52.6. The second-order valence-electron chi connectivity index (χ2n) is 24.3. The van der Waals surface area contributed by atoms with Crippen molar-refractivity contribution in [3.05, 3.63) is 240 Å². The van der Waals surface area contributed by atoms with Gasteiger partial charge in [0.1, 0.15) is 55.8 Å². The van der Waals surface area contributed by atoms with Crippen molar-refractivity contribution >= 4 is 189 Å². The molecule has 15 rings (SSSR count). The van der Waals surface area contributed by atoms with Crippen LogP contribution < -0.4 is 0 Å². The molecule has 0 saturated heterocycles. The van der Waals surface area contributed by atoms with Crippen LogP contribution in [0.2, 0.25) is 0 Å². The third kappa shape index (κ3) is 15.3. The fraction of sp³-hybridized carbons (Fsp3) is 0.259. The van der Waals surface area contributed by atoms with E-state index >= 15 is 0 Å².